The quantitative estimate of drug-likeness (QED) is 0.629. The highest BCUT2D eigenvalue weighted by Gasteiger charge is 2.55. The second kappa shape index (κ2) is 9.18. The van der Waals surface area contributed by atoms with E-state index in [2.05, 4.69) is 11.8 Å². The Balaban J connectivity index is 1.20. The van der Waals surface area contributed by atoms with Gasteiger partial charge in [-0.3, -0.25) is 4.79 Å². The van der Waals surface area contributed by atoms with E-state index in [1.54, 1.807) is 6.92 Å². The van der Waals surface area contributed by atoms with Crippen LogP contribution in [0.5, 0.6) is 0 Å². The van der Waals surface area contributed by atoms with Gasteiger partial charge in [-0.15, -0.1) is 11.8 Å². The summed E-state index contributed by atoms with van der Waals surface area (Å²) >= 11 is 1.94. The SMILES string of the molecule is C[C@@H](O)[C@H]1C(=O)N2C=C(S[C@@H]3CCN(CC4CCN(C(=O)OC(C)(C)C)CC4)C3)[C@H](C)[C@H]12. The molecule has 3 saturated heterocycles. The molecule has 0 aromatic heterocycles. The van der Waals surface area contributed by atoms with Crippen LogP contribution in [0.3, 0.4) is 0 Å². The van der Waals surface area contributed by atoms with Crippen molar-refractivity contribution in [2.45, 2.75) is 76.9 Å². The Labute approximate surface area is 196 Å². The maximum Gasteiger partial charge on any atom is 0.410 e. The van der Waals surface area contributed by atoms with Crippen LogP contribution in [0.2, 0.25) is 0 Å². The predicted octanol–water partition coefficient (Wildman–Crippen LogP) is 3.14. The molecule has 180 valence electrons. The van der Waals surface area contributed by atoms with Gasteiger partial charge in [0.15, 0.2) is 0 Å². The molecule has 8 heteroatoms. The van der Waals surface area contributed by atoms with Crippen molar-refractivity contribution in [3.8, 4) is 0 Å². The number of likely N-dealkylation sites (tertiary alicyclic amines) is 2. The molecule has 4 aliphatic heterocycles. The smallest absolute Gasteiger partial charge is 0.410 e. The largest absolute Gasteiger partial charge is 0.444 e. The first-order valence-electron chi connectivity index (χ1n) is 12.1. The van der Waals surface area contributed by atoms with Crippen LogP contribution in [0.4, 0.5) is 4.79 Å². The van der Waals surface area contributed by atoms with Crippen molar-refractivity contribution in [3.05, 3.63) is 11.1 Å². The van der Waals surface area contributed by atoms with Crippen molar-refractivity contribution in [1.29, 1.82) is 0 Å². The molecule has 0 aromatic rings. The van der Waals surface area contributed by atoms with E-state index < -0.39 is 11.7 Å². The lowest BCUT2D eigenvalue weighted by molar-refractivity contribution is -0.158. The second-order valence-electron chi connectivity index (χ2n) is 11.0. The fourth-order valence-electron chi connectivity index (χ4n) is 5.55. The van der Waals surface area contributed by atoms with Gasteiger partial charge >= 0.3 is 6.09 Å². The van der Waals surface area contributed by atoms with Gasteiger partial charge in [0.25, 0.3) is 0 Å². The first-order valence-corrected chi connectivity index (χ1v) is 13.0. The number of nitrogens with zero attached hydrogens (tertiary/aromatic N) is 3. The van der Waals surface area contributed by atoms with Gasteiger partial charge in [0.1, 0.15) is 5.60 Å². The van der Waals surface area contributed by atoms with Gasteiger partial charge < -0.3 is 24.5 Å². The minimum atomic E-state index is -0.576. The van der Waals surface area contributed by atoms with Crippen LogP contribution in [0, 0.1) is 17.8 Å². The number of hydrogen-bond acceptors (Lipinski definition) is 6. The Morgan fingerprint density at radius 3 is 2.56 bits per heavy atom. The Morgan fingerprint density at radius 2 is 1.94 bits per heavy atom. The van der Waals surface area contributed by atoms with Crippen molar-refractivity contribution < 1.29 is 19.4 Å². The molecule has 4 heterocycles. The van der Waals surface area contributed by atoms with E-state index in [4.69, 9.17) is 4.74 Å². The van der Waals surface area contributed by atoms with E-state index in [0.29, 0.717) is 17.1 Å². The van der Waals surface area contributed by atoms with Gasteiger partial charge in [-0.05, 0) is 59.4 Å². The summed E-state index contributed by atoms with van der Waals surface area (Å²) in [5, 5.41) is 10.5. The van der Waals surface area contributed by atoms with Gasteiger partial charge in [-0.1, -0.05) is 6.92 Å². The Hall–Kier alpha value is -1.25. The van der Waals surface area contributed by atoms with Crippen molar-refractivity contribution in [3.63, 3.8) is 0 Å². The molecule has 0 unspecified atom stereocenters. The number of amides is 2. The van der Waals surface area contributed by atoms with E-state index in [0.717, 1.165) is 45.6 Å². The van der Waals surface area contributed by atoms with Crippen LogP contribution in [0.1, 0.15) is 53.9 Å². The molecule has 0 spiro atoms. The maximum absolute atomic E-state index is 12.3. The highest BCUT2D eigenvalue weighted by molar-refractivity contribution is 8.03. The molecule has 0 aliphatic carbocycles. The summed E-state index contributed by atoms with van der Waals surface area (Å²) in [4.78, 5) is 32.1. The molecule has 0 aromatic carbocycles. The summed E-state index contributed by atoms with van der Waals surface area (Å²) in [6.45, 7) is 14.5. The number of thioether (sulfide) groups is 1. The molecule has 0 saturated carbocycles. The standard InChI is InChI=1S/C24H39N3O4S/c1-15-19(14-27-21(15)20(16(2)28)22(27)29)32-18-8-9-25(13-18)12-17-6-10-26(11-7-17)23(30)31-24(3,4)5/h14-18,20-21,28H,6-13H2,1-5H3/t15-,16+,18+,20+,21+/m0/s1. The van der Waals surface area contributed by atoms with E-state index in [1.165, 1.54) is 11.3 Å². The van der Waals surface area contributed by atoms with Gasteiger partial charge in [-0.25, -0.2) is 4.79 Å². The third-order valence-corrected chi connectivity index (χ3v) is 8.76. The van der Waals surface area contributed by atoms with Gasteiger partial charge in [0.05, 0.1) is 18.1 Å². The molecule has 0 bridgehead atoms. The number of aliphatic hydroxyl groups is 1. The van der Waals surface area contributed by atoms with E-state index in [9.17, 15) is 14.7 Å². The zero-order valence-electron chi connectivity index (χ0n) is 20.1. The van der Waals surface area contributed by atoms with Crippen LogP contribution < -0.4 is 0 Å². The lowest BCUT2D eigenvalue weighted by Crippen LogP contribution is -2.61. The monoisotopic (exact) mass is 465 g/mol. The number of rotatable bonds is 5. The van der Waals surface area contributed by atoms with Crippen LogP contribution in [0.25, 0.3) is 0 Å². The van der Waals surface area contributed by atoms with E-state index in [1.807, 2.05) is 48.5 Å². The molecule has 7 nitrogen and oxygen atoms in total. The minimum Gasteiger partial charge on any atom is -0.444 e. The fraction of sp³-hybridized carbons (Fsp3) is 0.833. The first-order chi connectivity index (χ1) is 15.0. The molecule has 3 fully saturated rings. The molecule has 5 atom stereocenters. The number of β-lactam (4-membered cyclic amide) rings is 1. The number of fused-ring (bicyclic) bond motifs is 1. The first kappa shape index (κ1) is 23.9. The van der Waals surface area contributed by atoms with Crippen LogP contribution in [0.15, 0.2) is 11.1 Å². The third kappa shape index (κ3) is 4.97. The summed E-state index contributed by atoms with van der Waals surface area (Å²) in [5.41, 5.74) is -0.441. The molecule has 1 N–H and O–H groups in total. The molecular formula is C24H39N3O4S. The molecular weight excluding hydrogens is 426 g/mol. The topological polar surface area (TPSA) is 73.3 Å². The lowest BCUT2D eigenvalue weighted by atomic mass is 9.79. The molecule has 2 amide bonds. The molecule has 0 radical (unpaired) electrons. The Kier molecular flexibility index (Phi) is 6.86. The fourth-order valence-corrected chi connectivity index (χ4v) is 6.97. The molecule has 4 rings (SSSR count). The van der Waals surface area contributed by atoms with Gasteiger partial charge in [0, 0.05) is 48.5 Å². The Morgan fingerprint density at radius 1 is 1.25 bits per heavy atom. The predicted molar refractivity (Wildman–Crippen MR) is 126 cm³/mol. The van der Waals surface area contributed by atoms with E-state index in [-0.39, 0.29) is 24.0 Å². The highest BCUT2D eigenvalue weighted by Crippen LogP contribution is 2.48. The number of aliphatic hydroxyl groups excluding tert-OH is 1. The van der Waals surface area contributed by atoms with Crippen molar-refractivity contribution in [2.75, 3.05) is 32.7 Å². The number of piperidine rings is 1. The number of carbonyl (C=O) groups excluding carboxylic acids is 2. The van der Waals surface area contributed by atoms with Crippen molar-refractivity contribution in [1.82, 2.24) is 14.7 Å². The normalized spacial score (nSPS) is 32.6. The van der Waals surface area contributed by atoms with Crippen molar-refractivity contribution in [2.24, 2.45) is 17.8 Å². The van der Waals surface area contributed by atoms with Crippen molar-refractivity contribution >= 4 is 23.8 Å². The zero-order valence-corrected chi connectivity index (χ0v) is 20.9. The minimum absolute atomic E-state index is 0.0678. The highest BCUT2D eigenvalue weighted by atomic mass is 32.2. The summed E-state index contributed by atoms with van der Waals surface area (Å²) in [7, 11) is 0. The summed E-state index contributed by atoms with van der Waals surface area (Å²) in [5.74, 6) is 0.765. The number of ether oxygens (including phenoxy) is 1. The summed E-state index contributed by atoms with van der Waals surface area (Å²) in [6, 6.07) is 0.137. The van der Waals surface area contributed by atoms with Gasteiger partial charge in [0.2, 0.25) is 5.91 Å². The van der Waals surface area contributed by atoms with Crippen LogP contribution in [-0.4, -0.2) is 87.5 Å². The van der Waals surface area contributed by atoms with Crippen LogP contribution >= 0.6 is 11.8 Å². The zero-order chi connectivity index (χ0) is 23.2. The number of carbonyl (C=O) groups is 2. The summed E-state index contributed by atoms with van der Waals surface area (Å²) in [6.07, 6.45) is 4.52. The van der Waals surface area contributed by atoms with Gasteiger partial charge in [-0.2, -0.15) is 0 Å². The average molecular weight is 466 g/mol. The maximum atomic E-state index is 12.3. The Bertz CT molecular complexity index is 757. The molecule has 4 aliphatic rings. The third-order valence-electron chi connectivity index (χ3n) is 7.29. The second-order valence-corrected chi connectivity index (χ2v) is 12.4. The number of hydrogen-bond donors (Lipinski definition) is 1. The average Bonchev–Trinajstić information content (AvgIpc) is 3.24. The molecule has 32 heavy (non-hydrogen) atoms. The summed E-state index contributed by atoms with van der Waals surface area (Å²) < 4.78 is 5.51. The lowest BCUT2D eigenvalue weighted by Gasteiger charge is -2.45. The van der Waals surface area contributed by atoms with Crippen LogP contribution in [-0.2, 0) is 9.53 Å². The van der Waals surface area contributed by atoms with E-state index >= 15 is 0 Å².